The molecule has 0 heterocycles. The third-order valence-corrected chi connectivity index (χ3v) is 4.89. The van der Waals surface area contributed by atoms with E-state index in [1.54, 1.807) is 0 Å². The van der Waals surface area contributed by atoms with Gasteiger partial charge in [0.15, 0.2) is 5.96 Å². The summed E-state index contributed by atoms with van der Waals surface area (Å²) < 4.78 is 0. The number of rotatable bonds is 9. The molecule has 1 aliphatic rings. The number of carbonyl (C=O) groups is 2. The van der Waals surface area contributed by atoms with Crippen molar-refractivity contribution < 1.29 is 19.5 Å². The standard InChI is InChI=1S/C21H24N4O4/c22-21(23)24-11-5-10-18(20(27)28)25-29-19(26)12-17-15-8-3-1-6-13(15)14-7-2-4-9-16(14)17/h1-4,6-9,17-18,25H,5,10-12H2,(H,27,28)(H4,22,23,24)/t18-/m0/s1. The van der Waals surface area contributed by atoms with Crippen LogP contribution >= 0.6 is 0 Å². The highest BCUT2D eigenvalue weighted by atomic mass is 16.7. The SMILES string of the molecule is NC(N)=NCCC[C@H](NOC(=O)CC1c2ccccc2-c2ccccc21)C(=O)O. The summed E-state index contributed by atoms with van der Waals surface area (Å²) in [5.41, 5.74) is 17.2. The number of nitrogens with two attached hydrogens (primary N) is 2. The first kappa shape index (κ1) is 20.3. The van der Waals surface area contributed by atoms with E-state index in [1.807, 2.05) is 48.5 Å². The molecule has 0 aromatic heterocycles. The van der Waals surface area contributed by atoms with Gasteiger partial charge in [-0.25, -0.2) is 0 Å². The van der Waals surface area contributed by atoms with Gasteiger partial charge in [-0.2, -0.15) is 0 Å². The topological polar surface area (TPSA) is 140 Å². The molecule has 3 rings (SSSR count). The number of aliphatic imine (C=N–C) groups is 1. The van der Waals surface area contributed by atoms with Crippen LogP contribution in [0.4, 0.5) is 0 Å². The third-order valence-electron chi connectivity index (χ3n) is 4.89. The molecule has 0 amide bonds. The van der Waals surface area contributed by atoms with Gasteiger partial charge in [0, 0.05) is 12.5 Å². The number of carbonyl (C=O) groups excluding carboxylic acids is 1. The maximum Gasteiger partial charge on any atom is 0.325 e. The molecular weight excluding hydrogens is 372 g/mol. The zero-order valence-corrected chi connectivity index (χ0v) is 15.9. The van der Waals surface area contributed by atoms with E-state index in [2.05, 4.69) is 10.5 Å². The minimum atomic E-state index is -1.11. The fraction of sp³-hybridized carbons (Fsp3) is 0.286. The number of fused-ring (bicyclic) bond motifs is 3. The summed E-state index contributed by atoms with van der Waals surface area (Å²) in [6.07, 6.45) is 0.763. The molecule has 1 atom stereocenters. The normalized spacial score (nSPS) is 13.2. The molecule has 0 radical (unpaired) electrons. The average Bonchev–Trinajstić information content (AvgIpc) is 3.01. The van der Waals surface area contributed by atoms with Crippen LogP contribution in [-0.4, -0.2) is 35.6 Å². The van der Waals surface area contributed by atoms with Crippen molar-refractivity contribution in [2.75, 3.05) is 6.54 Å². The van der Waals surface area contributed by atoms with Crippen LogP contribution in [0.25, 0.3) is 11.1 Å². The van der Waals surface area contributed by atoms with Gasteiger partial charge in [-0.15, -0.1) is 5.48 Å². The Morgan fingerprint density at radius 3 is 2.21 bits per heavy atom. The van der Waals surface area contributed by atoms with E-state index in [-0.39, 0.29) is 24.7 Å². The second-order valence-electron chi connectivity index (χ2n) is 6.86. The molecule has 0 fully saturated rings. The number of benzene rings is 2. The van der Waals surface area contributed by atoms with Crippen molar-refractivity contribution in [2.45, 2.75) is 31.2 Å². The maximum atomic E-state index is 12.4. The fourth-order valence-corrected chi connectivity index (χ4v) is 3.56. The molecule has 0 bridgehead atoms. The summed E-state index contributed by atoms with van der Waals surface area (Å²) in [6.45, 7) is 0.303. The number of hydroxylamine groups is 1. The van der Waals surface area contributed by atoms with Gasteiger partial charge in [0.05, 0.1) is 6.42 Å². The number of hydrogen-bond donors (Lipinski definition) is 4. The largest absolute Gasteiger partial charge is 0.480 e. The molecule has 2 aromatic carbocycles. The maximum absolute atomic E-state index is 12.4. The van der Waals surface area contributed by atoms with E-state index in [0.29, 0.717) is 13.0 Å². The molecule has 6 N–H and O–H groups in total. The van der Waals surface area contributed by atoms with Gasteiger partial charge >= 0.3 is 11.9 Å². The summed E-state index contributed by atoms with van der Waals surface area (Å²) in [5, 5.41) is 9.30. The lowest BCUT2D eigenvalue weighted by molar-refractivity contribution is -0.158. The average molecular weight is 396 g/mol. The minimum absolute atomic E-state index is 0.0478. The minimum Gasteiger partial charge on any atom is -0.480 e. The third kappa shape index (κ3) is 4.91. The van der Waals surface area contributed by atoms with Crippen LogP contribution in [0.3, 0.4) is 0 Å². The smallest absolute Gasteiger partial charge is 0.325 e. The molecule has 0 spiro atoms. The van der Waals surface area contributed by atoms with Gasteiger partial charge in [0.1, 0.15) is 6.04 Å². The zero-order valence-electron chi connectivity index (χ0n) is 15.9. The number of hydrogen-bond acceptors (Lipinski definition) is 5. The number of carboxylic acids is 1. The Hall–Kier alpha value is -3.39. The number of nitrogens with one attached hydrogen (secondary N) is 1. The summed E-state index contributed by atoms with van der Waals surface area (Å²) in [7, 11) is 0. The molecule has 0 saturated heterocycles. The van der Waals surface area contributed by atoms with Crippen LogP contribution in [0.5, 0.6) is 0 Å². The van der Waals surface area contributed by atoms with Gasteiger partial charge < -0.3 is 21.4 Å². The lowest BCUT2D eigenvalue weighted by Gasteiger charge is -2.16. The molecule has 8 heteroatoms. The lowest BCUT2D eigenvalue weighted by Crippen LogP contribution is -2.38. The summed E-state index contributed by atoms with van der Waals surface area (Å²) in [6, 6.07) is 14.9. The lowest BCUT2D eigenvalue weighted by atomic mass is 9.94. The Labute approximate surface area is 168 Å². The first-order chi connectivity index (χ1) is 14.0. The molecule has 2 aromatic rings. The Balaban J connectivity index is 1.60. The van der Waals surface area contributed by atoms with Crippen LogP contribution in [0, 0.1) is 0 Å². The highest BCUT2D eigenvalue weighted by Crippen LogP contribution is 2.46. The Bertz CT molecular complexity index is 879. The van der Waals surface area contributed by atoms with E-state index in [1.165, 1.54) is 0 Å². The molecule has 8 nitrogen and oxygen atoms in total. The number of nitrogens with zero attached hydrogens (tertiary/aromatic N) is 1. The van der Waals surface area contributed by atoms with Crippen molar-refractivity contribution >= 4 is 17.9 Å². The molecule has 29 heavy (non-hydrogen) atoms. The van der Waals surface area contributed by atoms with Crippen molar-refractivity contribution in [1.82, 2.24) is 5.48 Å². The quantitative estimate of drug-likeness (QED) is 0.219. The predicted octanol–water partition coefficient (Wildman–Crippen LogP) is 1.74. The Morgan fingerprint density at radius 1 is 1.07 bits per heavy atom. The van der Waals surface area contributed by atoms with Crippen molar-refractivity contribution in [2.24, 2.45) is 16.5 Å². The van der Waals surface area contributed by atoms with Crippen LogP contribution < -0.4 is 16.9 Å². The van der Waals surface area contributed by atoms with Gasteiger partial charge in [-0.1, -0.05) is 48.5 Å². The van der Waals surface area contributed by atoms with Crippen molar-refractivity contribution in [3.8, 4) is 11.1 Å². The monoisotopic (exact) mass is 396 g/mol. The molecular formula is C21H24N4O4. The van der Waals surface area contributed by atoms with E-state index < -0.39 is 18.0 Å². The van der Waals surface area contributed by atoms with Crippen molar-refractivity contribution in [1.29, 1.82) is 0 Å². The molecule has 0 aliphatic heterocycles. The number of guanidine groups is 1. The molecule has 1 aliphatic carbocycles. The first-order valence-electron chi connectivity index (χ1n) is 9.39. The van der Waals surface area contributed by atoms with Gasteiger partial charge in [0.2, 0.25) is 0 Å². The van der Waals surface area contributed by atoms with E-state index >= 15 is 0 Å². The summed E-state index contributed by atoms with van der Waals surface area (Å²) in [4.78, 5) is 32.7. The Morgan fingerprint density at radius 2 is 1.66 bits per heavy atom. The van der Waals surface area contributed by atoms with Crippen LogP contribution in [0.15, 0.2) is 53.5 Å². The highest BCUT2D eigenvalue weighted by Gasteiger charge is 2.30. The molecule has 152 valence electrons. The van der Waals surface area contributed by atoms with Crippen LogP contribution in [-0.2, 0) is 14.4 Å². The first-order valence-corrected chi connectivity index (χ1v) is 9.39. The Kier molecular flexibility index (Phi) is 6.46. The highest BCUT2D eigenvalue weighted by molar-refractivity contribution is 5.82. The second-order valence-corrected chi connectivity index (χ2v) is 6.86. The summed E-state index contributed by atoms with van der Waals surface area (Å²) >= 11 is 0. The number of aliphatic carboxylic acids is 1. The fourth-order valence-electron chi connectivity index (χ4n) is 3.56. The predicted molar refractivity (Wildman–Crippen MR) is 109 cm³/mol. The number of carboxylic acid groups (broad SMARTS) is 1. The molecule has 0 saturated carbocycles. The van der Waals surface area contributed by atoms with Crippen molar-refractivity contribution in [3.05, 3.63) is 59.7 Å². The van der Waals surface area contributed by atoms with Crippen LogP contribution in [0.1, 0.15) is 36.3 Å². The van der Waals surface area contributed by atoms with Gasteiger partial charge in [0.25, 0.3) is 0 Å². The van der Waals surface area contributed by atoms with E-state index in [0.717, 1.165) is 22.3 Å². The van der Waals surface area contributed by atoms with E-state index in [4.69, 9.17) is 16.3 Å². The van der Waals surface area contributed by atoms with E-state index in [9.17, 15) is 14.7 Å². The zero-order chi connectivity index (χ0) is 20.8. The molecule has 0 unspecified atom stereocenters. The van der Waals surface area contributed by atoms with Crippen molar-refractivity contribution in [3.63, 3.8) is 0 Å². The second kappa shape index (κ2) is 9.20. The van der Waals surface area contributed by atoms with Gasteiger partial charge in [-0.3, -0.25) is 14.6 Å². The van der Waals surface area contributed by atoms with Gasteiger partial charge in [-0.05, 0) is 35.1 Å². The van der Waals surface area contributed by atoms with Crippen LogP contribution in [0.2, 0.25) is 0 Å². The summed E-state index contributed by atoms with van der Waals surface area (Å²) in [5.74, 6) is -1.80.